The van der Waals surface area contributed by atoms with Gasteiger partial charge in [-0.25, -0.2) is 0 Å². The zero-order chi connectivity index (χ0) is 23.8. The van der Waals surface area contributed by atoms with Crippen LogP contribution in [0.1, 0.15) is 30.5 Å². The largest absolute Gasteiger partial charge is 0.497 e. The first kappa shape index (κ1) is 23.4. The summed E-state index contributed by atoms with van der Waals surface area (Å²) in [5.41, 5.74) is 1.58. The first-order valence-corrected chi connectivity index (χ1v) is 11.3. The number of carbonyl (C=O) groups is 1. The number of aromatic nitrogens is 3. The quantitative estimate of drug-likeness (QED) is 0.474. The van der Waals surface area contributed by atoms with Crippen molar-refractivity contribution in [1.29, 1.82) is 0 Å². The molecule has 2 N–H and O–H groups in total. The molecule has 0 saturated carbocycles. The van der Waals surface area contributed by atoms with Gasteiger partial charge in [0.1, 0.15) is 23.8 Å². The average molecular weight is 465 g/mol. The van der Waals surface area contributed by atoms with Gasteiger partial charge in [0.25, 0.3) is 5.56 Å². The number of nitrogens with zero attached hydrogens (tertiary/aromatic N) is 2. The van der Waals surface area contributed by atoms with Crippen LogP contribution in [0.15, 0.2) is 53.3 Å². The number of methoxy groups -OCH3 is 1. The topological polar surface area (TPSA) is 115 Å². The molecular formula is C25H28N4O5. The highest BCUT2D eigenvalue weighted by Crippen LogP contribution is 2.20. The van der Waals surface area contributed by atoms with Gasteiger partial charge < -0.3 is 24.5 Å². The van der Waals surface area contributed by atoms with Crippen LogP contribution in [0.4, 0.5) is 0 Å². The number of nitrogens with one attached hydrogen (secondary N) is 2. The van der Waals surface area contributed by atoms with Crippen molar-refractivity contribution in [3.63, 3.8) is 0 Å². The maximum Gasteiger partial charge on any atom is 0.273 e. The van der Waals surface area contributed by atoms with Crippen molar-refractivity contribution in [1.82, 2.24) is 20.5 Å². The fraction of sp³-hybridized carbons (Fsp3) is 0.360. The monoisotopic (exact) mass is 464 g/mol. The van der Waals surface area contributed by atoms with E-state index in [1.807, 2.05) is 36.4 Å². The molecular weight excluding hydrogens is 436 g/mol. The maximum atomic E-state index is 12.4. The van der Waals surface area contributed by atoms with E-state index in [1.165, 1.54) is 0 Å². The first-order valence-electron chi connectivity index (χ1n) is 11.3. The Morgan fingerprint density at radius 3 is 2.76 bits per heavy atom. The zero-order valence-corrected chi connectivity index (χ0v) is 19.1. The number of rotatable bonds is 10. The van der Waals surface area contributed by atoms with Gasteiger partial charge in [0.05, 0.1) is 13.2 Å². The van der Waals surface area contributed by atoms with Crippen LogP contribution in [-0.2, 0) is 22.6 Å². The highest BCUT2D eigenvalue weighted by Gasteiger charge is 2.16. The molecule has 0 unspecified atom stereocenters. The summed E-state index contributed by atoms with van der Waals surface area (Å²) in [6.45, 7) is 1.65. The molecule has 0 aliphatic carbocycles. The highest BCUT2D eigenvalue weighted by molar-refractivity contribution is 5.76. The summed E-state index contributed by atoms with van der Waals surface area (Å²) < 4.78 is 16.5. The van der Waals surface area contributed by atoms with E-state index < -0.39 is 0 Å². The molecule has 1 aliphatic heterocycles. The lowest BCUT2D eigenvalue weighted by Crippen LogP contribution is -2.32. The molecule has 1 fully saturated rings. The molecule has 0 spiro atoms. The number of carbonyl (C=O) groups excluding carboxylic acids is 1. The standard InChI is InChI=1S/C25H28N4O5/c1-32-20-5-2-4-17(14-20)16-34-19-9-7-18(8-10-19)24-27-25(31)22(28-29-24)11-12-23(30)26-15-21-6-3-13-33-21/h2,4-5,7-10,14,21H,3,6,11-13,15-16H2,1H3,(H,26,30)(H,27,29,31)/t21-/m0/s1. The summed E-state index contributed by atoms with van der Waals surface area (Å²) in [7, 11) is 1.63. The Bertz CT molecular complexity index is 1160. The minimum absolute atomic E-state index is 0.0880. The van der Waals surface area contributed by atoms with Crippen molar-refractivity contribution in [3.8, 4) is 22.9 Å². The number of hydrogen-bond acceptors (Lipinski definition) is 7. The number of amides is 1. The fourth-order valence-corrected chi connectivity index (χ4v) is 3.65. The Balaban J connectivity index is 1.29. The Hall–Kier alpha value is -3.72. The van der Waals surface area contributed by atoms with Gasteiger partial charge in [-0.2, -0.15) is 0 Å². The second-order valence-corrected chi connectivity index (χ2v) is 8.05. The summed E-state index contributed by atoms with van der Waals surface area (Å²) >= 11 is 0. The molecule has 178 valence electrons. The van der Waals surface area contributed by atoms with Gasteiger partial charge in [-0.1, -0.05) is 12.1 Å². The van der Waals surface area contributed by atoms with Crippen LogP contribution in [0.3, 0.4) is 0 Å². The van der Waals surface area contributed by atoms with E-state index >= 15 is 0 Å². The van der Waals surface area contributed by atoms with Crippen molar-refractivity contribution in [3.05, 3.63) is 70.1 Å². The molecule has 1 saturated heterocycles. The van der Waals surface area contributed by atoms with Crippen molar-refractivity contribution >= 4 is 5.91 Å². The number of hydrogen-bond donors (Lipinski definition) is 2. The van der Waals surface area contributed by atoms with Crippen LogP contribution < -0.4 is 20.3 Å². The Labute approximate surface area is 197 Å². The van der Waals surface area contributed by atoms with Gasteiger partial charge in [0.15, 0.2) is 5.82 Å². The van der Waals surface area contributed by atoms with E-state index in [0.717, 1.165) is 30.8 Å². The van der Waals surface area contributed by atoms with Gasteiger partial charge in [0, 0.05) is 31.6 Å². The Morgan fingerprint density at radius 1 is 1.18 bits per heavy atom. The molecule has 0 radical (unpaired) electrons. The van der Waals surface area contributed by atoms with Crippen LogP contribution in [0, 0.1) is 0 Å². The Kier molecular flexibility index (Phi) is 7.87. The van der Waals surface area contributed by atoms with Gasteiger partial charge in [-0.3, -0.25) is 9.59 Å². The summed E-state index contributed by atoms with van der Waals surface area (Å²) in [6, 6.07) is 14.9. The minimum atomic E-state index is -0.352. The second kappa shape index (κ2) is 11.4. The summed E-state index contributed by atoms with van der Waals surface area (Å²) in [4.78, 5) is 27.2. The molecule has 9 nitrogen and oxygen atoms in total. The molecule has 2 aromatic carbocycles. The average Bonchev–Trinajstić information content (AvgIpc) is 3.40. The summed E-state index contributed by atoms with van der Waals surface area (Å²) in [5, 5.41) is 11.0. The van der Waals surface area contributed by atoms with Gasteiger partial charge >= 0.3 is 0 Å². The van der Waals surface area contributed by atoms with E-state index in [1.54, 1.807) is 19.2 Å². The zero-order valence-electron chi connectivity index (χ0n) is 19.1. The molecule has 3 aromatic rings. The van der Waals surface area contributed by atoms with Crippen LogP contribution in [0.5, 0.6) is 11.5 Å². The van der Waals surface area contributed by atoms with Crippen LogP contribution >= 0.6 is 0 Å². The second-order valence-electron chi connectivity index (χ2n) is 8.05. The van der Waals surface area contributed by atoms with E-state index in [0.29, 0.717) is 30.3 Å². The van der Waals surface area contributed by atoms with Crippen molar-refractivity contribution in [2.24, 2.45) is 0 Å². The van der Waals surface area contributed by atoms with Crippen LogP contribution in [-0.4, -0.2) is 47.5 Å². The molecule has 4 rings (SSSR count). The van der Waals surface area contributed by atoms with Crippen molar-refractivity contribution < 1.29 is 19.0 Å². The first-order chi connectivity index (χ1) is 16.6. The SMILES string of the molecule is COc1cccc(COc2ccc(-c3nnc(CCC(=O)NC[C@@H]4CCCO4)c(=O)[nH]3)cc2)c1. The molecule has 2 heterocycles. The maximum absolute atomic E-state index is 12.4. The molecule has 1 aliphatic rings. The molecule has 0 bridgehead atoms. The predicted molar refractivity (Wildman–Crippen MR) is 126 cm³/mol. The minimum Gasteiger partial charge on any atom is -0.497 e. The van der Waals surface area contributed by atoms with Crippen molar-refractivity contribution in [2.75, 3.05) is 20.3 Å². The number of aryl methyl sites for hydroxylation is 1. The van der Waals surface area contributed by atoms with Gasteiger partial charge in [-0.15, -0.1) is 10.2 Å². The molecule has 34 heavy (non-hydrogen) atoms. The molecule has 1 atom stereocenters. The molecule has 1 amide bonds. The summed E-state index contributed by atoms with van der Waals surface area (Å²) in [6.07, 6.45) is 2.46. The van der Waals surface area contributed by atoms with Gasteiger partial charge in [0.2, 0.25) is 5.91 Å². The van der Waals surface area contributed by atoms with Gasteiger partial charge in [-0.05, 0) is 54.8 Å². The number of aromatic amines is 1. The molecule has 1 aromatic heterocycles. The van der Waals surface area contributed by atoms with E-state index in [2.05, 4.69) is 20.5 Å². The third-order valence-electron chi connectivity index (χ3n) is 5.57. The van der Waals surface area contributed by atoms with E-state index in [9.17, 15) is 9.59 Å². The smallest absolute Gasteiger partial charge is 0.273 e. The number of H-pyrrole nitrogens is 1. The van der Waals surface area contributed by atoms with E-state index in [-0.39, 0.29) is 36.1 Å². The third-order valence-corrected chi connectivity index (χ3v) is 5.57. The van der Waals surface area contributed by atoms with Crippen LogP contribution in [0.2, 0.25) is 0 Å². The lowest BCUT2D eigenvalue weighted by atomic mass is 10.2. The number of benzene rings is 2. The normalized spacial score (nSPS) is 15.1. The predicted octanol–water partition coefficient (Wildman–Crippen LogP) is 2.65. The lowest BCUT2D eigenvalue weighted by molar-refractivity contribution is -0.121. The molecule has 9 heteroatoms. The highest BCUT2D eigenvalue weighted by atomic mass is 16.5. The lowest BCUT2D eigenvalue weighted by Gasteiger charge is -2.10. The summed E-state index contributed by atoms with van der Waals surface area (Å²) in [5.74, 6) is 1.69. The fourth-order valence-electron chi connectivity index (χ4n) is 3.65. The van der Waals surface area contributed by atoms with E-state index in [4.69, 9.17) is 14.2 Å². The third kappa shape index (κ3) is 6.41. The number of ether oxygens (including phenoxy) is 3. The van der Waals surface area contributed by atoms with Crippen LogP contribution in [0.25, 0.3) is 11.4 Å². The Morgan fingerprint density at radius 2 is 2.03 bits per heavy atom. The van der Waals surface area contributed by atoms with Crippen molar-refractivity contribution in [2.45, 2.75) is 38.4 Å².